The molecule has 0 saturated heterocycles. The second kappa shape index (κ2) is 8.88. The fourth-order valence-electron chi connectivity index (χ4n) is 3.26. The number of aromatic nitrogens is 3. The standard InChI is InChI=1S/C23H20FN3O4S/c1-2-31-22-10-8-19(13-20(22)24)32(29,30)18-6-3-16(4-7-18)5-9-21(28)17-14-26-23-25-11-12-27(23)15-17/h3-4,6-8,10-15H,2,5,9H2,1H3. The molecule has 2 aromatic heterocycles. The van der Waals surface area contributed by atoms with Crippen molar-refractivity contribution in [2.75, 3.05) is 6.61 Å². The molecule has 2 heterocycles. The summed E-state index contributed by atoms with van der Waals surface area (Å²) in [7, 11) is -3.88. The van der Waals surface area contributed by atoms with Gasteiger partial charge in [0.1, 0.15) is 0 Å². The van der Waals surface area contributed by atoms with Gasteiger partial charge in [0.15, 0.2) is 17.3 Å². The molecular weight excluding hydrogens is 433 g/mol. The molecule has 4 rings (SSSR count). The number of hydrogen-bond donors (Lipinski definition) is 0. The molecule has 0 atom stereocenters. The molecule has 32 heavy (non-hydrogen) atoms. The average molecular weight is 453 g/mol. The summed E-state index contributed by atoms with van der Waals surface area (Å²) in [6.45, 7) is 2.00. The number of halogens is 1. The van der Waals surface area contributed by atoms with E-state index in [2.05, 4.69) is 9.97 Å². The molecule has 0 radical (unpaired) electrons. The number of carbonyl (C=O) groups is 1. The van der Waals surface area contributed by atoms with E-state index in [4.69, 9.17) is 4.74 Å². The molecule has 0 aliphatic carbocycles. The van der Waals surface area contributed by atoms with Gasteiger partial charge >= 0.3 is 0 Å². The number of ether oxygens (including phenoxy) is 1. The predicted octanol–water partition coefficient (Wildman–Crippen LogP) is 3.92. The lowest BCUT2D eigenvalue weighted by Gasteiger charge is -2.09. The Bertz CT molecular complexity index is 1380. The van der Waals surface area contributed by atoms with E-state index in [1.165, 1.54) is 30.5 Å². The SMILES string of the molecule is CCOc1ccc(S(=O)(=O)c2ccc(CCC(=O)c3cnc4nccn4c3)cc2)cc1F. The first-order valence-electron chi connectivity index (χ1n) is 9.97. The van der Waals surface area contributed by atoms with E-state index < -0.39 is 15.7 Å². The molecule has 0 unspecified atom stereocenters. The van der Waals surface area contributed by atoms with Crippen LogP contribution in [-0.4, -0.2) is 35.2 Å². The molecular formula is C23H20FN3O4S. The van der Waals surface area contributed by atoms with Gasteiger partial charge in [-0.2, -0.15) is 0 Å². The highest BCUT2D eigenvalue weighted by atomic mass is 32.2. The number of hydrogen-bond acceptors (Lipinski definition) is 6. The Hall–Kier alpha value is -3.59. The van der Waals surface area contributed by atoms with Crippen LogP contribution in [-0.2, 0) is 16.3 Å². The number of benzene rings is 2. The molecule has 0 bridgehead atoms. The molecule has 0 fully saturated rings. The molecule has 0 amide bonds. The molecule has 4 aromatic rings. The zero-order valence-electron chi connectivity index (χ0n) is 17.2. The highest BCUT2D eigenvalue weighted by Crippen LogP contribution is 2.26. The van der Waals surface area contributed by atoms with Gasteiger partial charge in [0.25, 0.3) is 0 Å². The van der Waals surface area contributed by atoms with Gasteiger partial charge in [-0.3, -0.25) is 9.20 Å². The quantitative estimate of drug-likeness (QED) is 0.376. The van der Waals surface area contributed by atoms with Crippen molar-refractivity contribution in [2.45, 2.75) is 29.6 Å². The highest BCUT2D eigenvalue weighted by Gasteiger charge is 2.20. The van der Waals surface area contributed by atoms with Crippen molar-refractivity contribution in [3.63, 3.8) is 0 Å². The number of fused-ring (bicyclic) bond motifs is 1. The van der Waals surface area contributed by atoms with Crippen LogP contribution in [0.15, 0.2) is 77.0 Å². The van der Waals surface area contributed by atoms with Crippen molar-refractivity contribution in [3.05, 3.63) is 84.2 Å². The van der Waals surface area contributed by atoms with Crippen LogP contribution >= 0.6 is 0 Å². The number of imidazole rings is 1. The van der Waals surface area contributed by atoms with Crippen LogP contribution < -0.4 is 4.74 Å². The summed E-state index contributed by atoms with van der Waals surface area (Å²) in [4.78, 5) is 20.6. The van der Waals surface area contributed by atoms with Gasteiger partial charge in [-0.15, -0.1) is 0 Å². The Labute approximate surface area is 184 Å². The monoisotopic (exact) mass is 453 g/mol. The van der Waals surface area contributed by atoms with Gasteiger partial charge in [0.2, 0.25) is 15.6 Å². The number of rotatable bonds is 8. The normalized spacial score (nSPS) is 11.6. The lowest BCUT2D eigenvalue weighted by Crippen LogP contribution is -2.05. The molecule has 0 N–H and O–H groups in total. The summed E-state index contributed by atoms with van der Waals surface area (Å²) in [6, 6.07) is 9.82. The van der Waals surface area contributed by atoms with Crippen LogP contribution in [0.25, 0.3) is 5.78 Å². The largest absolute Gasteiger partial charge is 0.491 e. The van der Waals surface area contributed by atoms with E-state index in [9.17, 15) is 17.6 Å². The number of ketones is 1. The highest BCUT2D eigenvalue weighted by molar-refractivity contribution is 7.91. The minimum atomic E-state index is -3.88. The van der Waals surface area contributed by atoms with Crippen molar-refractivity contribution < 1.29 is 22.3 Å². The summed E-state index contributed by atoms with van der Waals surface area (Å²) in [6.07, 6.45) is 7.19. The zero-order valence-corrected chi connectivity index (χ0v) is 18.0. The van der Waals surface area contributed by atoms with Gasteiger partial charge < -0.3 is 4.74 Å². The number of aryl methyl sites for hydroxylation is 1. The molecule has 9 heteroatoms. The van der Waals surface area contributed by atoms with Crippen LogP contribution in [0.3, 0.4) is 0 Å². The summed E-state index contributed by atoms with van der Waals surface area (Å²) in [5, 5.41) is 0. The maximum absolute atomic E-state index is 14.1. The van der Waals surface area contributed by atoms with E-state index >= 15 is 0 Å². The molecule has 2 aromatic carbocycles. The van der Waals surface area contributed by atoms with Gasteiger partial charge in [0, 0.05) is 31.2 Å². The summed E-state index contributed by atoms with van der Waals surface area (Å²) >= 11 is 0. The Morgan fingerprint density at radius 2 is 1.84 bits per heavy atom. The summed E-state index contributed by atoms with van der Waals surface area (Å²) < 4.78 is 46.5. The minimum absolute atomic E-state index is 0.00820. The maximum Gasteiger partial charge on any atom is 0.233 e. The molecule has 0 spiro atoms. The lowest BCUT2D eigenvalue weighted by molar-refractivity contribution is 0.0982. The summed E-state index contributed by atoms with van der Waals surface area (Å²) in [5.41, 5.74) is 1.29. The molecule has 0 aliphatic heterocycles. The third kappa shape index (κ3) is 4.38. The molecule has 7 nitrogen and oxygen atoms in total. The topological polar surface area (TPSA) is 90.6 Å². The lowest BCUT2D eigenvalue weighted by atomic mass is 10.0. The van der Waals surface area contributed by atoms with Crippen LogP contribution in [0.4, 0.5) is 4.39 Å². The minimum Gasteiger partial charge on any atom is -0.491 e. The third-order valence-corrected chi connectivity index (χ3v) is 6.72. The Morgan fingerprint density at radius 1 is 1.09 bits per heavy atom. The van der Waals surface area contributed by atoms with E-state index in [1.54, 1.807) is 42.0 Å². The van der Waals surface area contributed by atoms with Crippen LogP contribution in [0, 0.1) is 5.82 Å². The maximum atomic E-state index is 14.1. The molecule has 0 aliphatic rings. The van der Waals surface area contributed by atoms with Crippen LogP contribution in [0.5, 0.6) is 5.75 Å². The van der Waals surface area contributed by atoms with Crippen LogP contribution in [0.1, 0.15) is 29.3 Å². The number of sulfone groups is 1. The zero-order chi connectivity index (χ0) is 22.7. The molecule has 0 saturated carbocycles. The van der Waals surface area contributed by atoms with Crippen molar-refractivity contribution >= 4 is 21.4 Å². The number of carbonyl (C=O) groups excluding carboxylic acids is 1. The third-order valence-electron chi connectivity index (χ3n) is 4.96. The Kier molecular flexibility index (Phi) is 6.00. The van der Waals surface area contributed by atoms with E-state index in [0.717, 1.165) is 11.6 Å². The van der Waals surface area contributed by atoms with Gasteiger partial charge in [-0.05, 0) is 49.2 Å². The summed E-state index contributed by atoms with van der Waals surface area (Å²) in [5.74, 6) is -0.277. The second-order valence-corrected chi connectivity index (χ2v) is 9.02. The van der Waals surface area contributed by atoms with Crippen molar-refractivity contribution in [2.24, 2.45) is 0 Å². The van der Waals surface area contributed by atoms with Crippen molar-refractivity contribution in [1.82, 2.24) is 14.4 Å². The fraction of sp³-hybridized carbons (Fsp3) is 0.174. The number of nitrogens with zero attached hydrogens (tertiary/aromatic N) is 3. The fourth-order valence-corrected chi connectivity index (χ4v) is 4.53. The van der Waals surface area contributed by atoms with Gasteiger partial charge in [-0.1, -0.05) is 12.1 Å². The van der Waals surface area contributed by atoms with Crippen molar-refractivity contribution in [1.29, 1.82) is 0 Å². The van der Waals surface area contributed by atoms with Crippen LogP contribution in [0.2, 0.25) is 0 Å². The van der Waals surface area contributed by atoms with E-state index in [0.29, 0.717) is 17.8 Å². The van der Waals surface area contributed by atoms with E-state index in [1.807, 2.05) is 0 Å². The second-order valence-electron chi connectivity index (χ2n) is 7.07. The first-order chi connectivity index (χ1) is 15.4. The van der Waals surface area contributed by atoms with Crippen molar-refractivity contribution in [3.8, 4) is 5.75 Å². The average Bonchev–Trinajstić information content (AvgIpc) is 3.27. The first kappa shape index (κ1) is 21.6. The Balaban J connectivity index is 1.45. The van der Waals surface area contributed by atoms with E-state index in [-0.39, 0.29) is 34.4 Å². The smallest absolute Gasteiger partial charge is 0.233 e. The first-order valence-corrected chi connectivity index (χ1v) is 11.4. The van der Waals surface area contributed by atoms with Gasteiger partial charge in [-0.25, -0.2) is 22.8 Å². The molecule has 164 valence electrons. The Morgan fingerprint density at radius 3 is 2.56 bits per heavy atom. The van der Waals surface area contributed by atoms with Gasteiger partial charge in [0.05, 0.1) is 22.0 Å². The number of Topliss-reactive ketones (excluding diaryl/α,β-unsaturated/α-hetero) is 1. The predicted molar refractivity (Wildman–Crippen MR) is 115 cm³/mol.